The van der Waals surface area contributed by atoms with Crippen LogP contribution in [0.15, 0.2) is 47.4 Å². The van der Waals surface area contributed by atoms with Gasteiger partial charge in [0.25, 0.3) is 0 Å². The Morgan fingerprint density at radius 1 is 1.08 bits per heavy atom. The van der Waals surface area contributed by atoms with E-state index in [-0.39, 0.29) is 22.8 Å². The molecule has 0 aliphatic rings. The minimum absolute atomic E-state index is 0.0483. The van der Waals surface area contributed by atoms with Crippen LogP contribution in [0.1, 0.15) is 12.5 Å². The Bertz CT molecular complexity index is 872. The average Bonchev–Trinajstić information content (AvgIpc) is 2.66. The minimum Gasteiger partial charge on any atom is -0.497 e. The van der Waals surface area contributed by atoms with Crippen molar-refractivity contribution in [3.8, 4) is 11.5 Å². The van der Waals surface area contributed by atoms with Gasteiger partial charge in [-0.1, -0.05) is 18.2 Å². The molecular weight excluding hydrogens is 361 g/mol. The summed E-state index contributed by atoms with van der Waals surface area (Å²) in [7, 11) is 0.312. The highest BCUT2D eigenvalue weighted by molar-refractivity contribution is 7.89. The van der Waals surface area contributed by atoms with Crippen LogP contribution in [-0.4, -0.2) is 36.3 Å². The lowest BCUT2D eigenvalue weighted by atomic mass is 9.95. The largest absolute Gasteiger partial charge is 0.497 e. The maximum absolute atomic E-state index is 14.1. The van der Waals surface area contributed by atoms with E-state index in [0.717, 1.165) is 0 Å². The molecule has 8 heteroatoms. The number of hydrogen-bond donors (Lipinski definition) is 1. The van der Waals surface area contributed by atoms with E-state index < -0.39 is 21.4 Å². The first-order chi connectivity index (χ1) is 12.3. The number of hydrogen-bond acceptors (Lipinski definition) is 5. The summed E-state index contributed by atoms with van der Waals surface area (Å²) < 4.78 is 57.6. The Labute approximate surface area is 152 Å². The Morgan fingerprint density at radius 2 is 1.77 bits per heavy atom. The molecule has 0 radical (unpaired) electrons. The van der Waals surface area contributed by atoms with Crippen LogP contribution in [0.25, 0.3) is 0 Å². The van der Waals surface area contributed by atoms with E-state index in [9.17, 15) is 12.8 Å². The van der Waals surface area contributed by atoms with Gasteiger partial charge in [-0.05, 0) is 25.1 Å². The van der Waals surface area contributed by atoms with Crippen molar-refractivity contribution < 1.29 is 27.0 Å². The third-order valence-corrected chi connectivity index (χ3v) is 5.59. The molecule has 0 fully saturated rings. The zero-order chi connectivity index (χ0) is 19.4. The highest BCUT2D eigenvalue weighted by Crippen LogP contribution is 2.30. The van der Waals surface area contributed by atoms with E-state index >= 15 is 0 Å². The molecule has 1 N–H and O–H groups in total. The third-order valence-electron chi connectivity index (χ3n) is 4.15. The van der Waals surface area contributed by atoms with Gasteiger partial charge in [-0.25, -0.2) is 17.5 Å². The SMILES string of the molecule is COc1ccc(S(=O)(=O)NCC(C)(OC)c2ccccc2F)c(OC)c1. The molecule has 0 saturated heterocycles. The number of rotatable bonds is 8. The lowest BCUT2D eigenvalue weighted by Crippen LogP contribution is -2.40. The highest BCUT2D eigenvalue weighted by Gasteiger charge is 2.32. The summed E-state index contributed by atoms with van der Waals surface area (Å²) in [5.74, 6) is 0.133. The molecular formula is C18H22FNO5S. The number of nitrogens with one attached hydrogen (secondary N) is 1. The predicted octanol–water partition coefficient (Wildman–Crippen LogP) is 2.68. The summed E-state index contributed by atoms with van der Waals surface area (Å²) in [6.45, 7) is 1.45. The minimum atomic E-state index is -3.93. The van der Waals surface area contributed by atoms with Crippen molar-refractivity contribution in [3.05, 3.63) is 53.8 Å². The molecule has 0 saturated carbocycles. The first kappa shape index (κ1) is 20.2. The maximum Gasteiger partial charge on any atom is 0.244 e. The second-order valence-electron chi connectivity index (χ2n) is 5.76. The predicted molar refractivity (Wildman–Crippen MR) is 95.5 cm³/mol. The van der Waals surface area contributed by atoms with Crippen molar-refractivity contribution in [3.63, 3.8) is 0 Å². The van der Waals surface area contributed by atoms with E-state index in [1.165, 1.54) is 45.6 Å². The van der Waals surface area contributed by atoms with Gasteiger partial charge in [0.15, 0.2) is 0 Å². The lowest BCUT2D eigenvalue weighted by molar-refractivity contribution is 0.00409. The molecule has 142 valence electrons. The van der Waals surface area contributed by atoms with Crippen molar-refractivity contribution in [1.29, 1.82) is 0 Å². The molecule has 2 aromatic rings. The van der Waals surface area contributed by atoms with Crippen molar-refractivity contribution in [1.82, 2.24) is 4.72 Å². The highest BCUT2D eigenvalue weighted by atomic mass is 32.2. The number of halogens is 1. The topological polar surface area (TPSA) is 73.9 Å². The van der Waals surface area contributed by atoms with E-state index in [4.69, 9.17) is 14.2 Å². The summed E-state index contributed by atoms with van der Waals surface area (Å²) in [5, 5.41) is 0. The zero-order valence-corrected chi connectivity index (χ0v) is 15.9. The van der Waals surface area contributed by atoms with E-state index in [0.29, 0.717) is 5.75 Å². The van der Waals surface area contributed by atoms with Gasteiger partial charge in [-0.2, -0.15) is 0 Å². The fourth-order valence-corrected chi connectivity index (χ4v) is 3.75. The molecule has 2 rings (SSSR count). The van der Waals surface area contributed by atoms with Gasteiger partial charge < -0.3 is 14.2 Å². The standard InChI is InChI=1S/C18H22FNO5S/c1-18(25-4,14-7-5-6-8-15(14)19)12-20-26(21,22)17-10-9-13(23-2)11-16(17)24-3/h5-11,20H,12H2,1-4H3. The molecule has 0 aliphatic heterocycles. The summed E-state index contributed by atoms with van der Waals surface area (Å²) in [6, 6.07) is 10.4. The fraction of sp³-hybridized carbons (Fsp3) is 0.333. The summed E-state index contributed by atoms with van der Waals surface area (Å²) >= 11 is 0. The van der Waals surface area contributed by atoms with Crippen LogP contribution in [0, 0.1) is 5.82 Å². The van der Waals surface area contributed by atoms with Gasteiger partial charge in [0.05, 0.1) is 14.2 Å². The first-order valence-corrected chi connectivity index (χ1v) is 9.27. The van der Waals surface area contributed by atoms with Gasteiger partial charge in [-0.3, -0.25) is 0 Å². The zero-order valence-electron chi connectivity index (χ0n) is 15.1. The Morgan fingerprint density at radius 3 is 2.35 bits per heavy atom. The quantitative estimate of drug-likeness (QED) is 0.759. The van der Waals surface area contributed by atoms with Crippen LogP contribution in [-0.2, 0) is 20.4 Å². The van der Waals surface area contributed by atoms with E-state index in [1.807, 2.05) is 0 Å². The van der Waals surface area contributed by atoms with Crippen molar-refractivity contribution in [2.45, 2.75) is 17.4 Å². The lowest BCUT2D eigenvalue weighted by Gasteiger charge is -2.29. The second-order valence-corrected chi connectivity index (χ2v) is 7.49. The summed E-state index contributed by atoms with van der Waals surface area (Å²) in [5.41, 5.74) is -0.926. The van der Waals surface area contributed by atoms with Crippen LogP contribution in [0.5, 0.6) is 11.5 Å². The van der Waals surface area contributed by atoms with Crippen molar-refractivity contribution in [2.24, 2.45) is 0 Å². The molecule has 0 aliphatic carbocycles. The summed E-state index contributed by atoms with van der Waals surface area (Å²) in [6.07, 6.45) is 0. The van der Waals surface area contributed by atoms with Gasteiger partial charge >= 0.3 is 0 Å². The van der Waals surface area contributed by atoms with Crippen molar-refractivity contribution >= 4 is 10.0 Å². The second kappa shape index (κ2) is 8.03. The molecule has 0 aromatic heterocycles. The Balaban J connectivity index is 2.31. The average molecular weight is 383 g/mol. The Hall–Kier alpha value is -2.16. The van der Waals surface area contributed by atoms with E-state index in [1.54, 1.807) is 25.1 Å². The smallest absolute Gasteiger partial charge is 0.244 e. The summed E-state index contributed by atoms with van der Waals surface area (Å²) in [4.78, 5) is -0.0483. The van der Waals surface area contributed by atoms with Gasteiger partial charge in [-0.15, -0.1) is 0 Å². The van der Waals surface area contributed by atoms with Crippen LogP contribution < -0.4 is 14.2 Å². The number of ether oxygens (including phenoxy) is 3. The number of benzene rings is 2. The van der Waals surface area contributed by atoms with Crippen molar-refractivity contribution in [2.75, 3.05) is 27.9 Å². The number of methoxy groups -OCH3 is 3. The Kier molecular flexibility index (Phi) is 6.22. The fourth-order valence-electron chi connectivity index (χ4n) is 2.47. The third kappa shape index (κ3) is 4.14. The van der Waals surface area contributed by atoms with Gasteiger partial charge in [0, 0.05) is 25.3 Å². The maximum atomic E-state index is 14.1. The molecule has 0 amide bonds. The molecule has 26 heavy (non-hydrogen) atoms. The normalized spacial score (nSPS) is 13.9. The molecule has 0 bridgehead atoms. The van der Waals surface area contributed by atoms with Gasteiger partial charge in [0.2, 0.25) is 10.0 Å². The monoisotopic (exact) mass is 383 g/mol. The number of sulfonamides is 1. The molecule has 6 nitrogen and oxygen atoms in total. The van der Waals surface area contributed by atoms with Crippen LogP contribution in [0.2, 0.25) is 0 Å². The van der Waals surface area contributed by atoms with Gasteiger partial charge in [0.1, 0.15) is 27.8 Å². The first-order valence-electron chi connectivity index (χ1n) is 7.79. The van der Waals surface area contributed by atoms with Crippen LogP contribution in [0.4, 0.5) is 4.39 Å². The molecule has 1 unspecified atom stereocenters. The molecule has 1 atom stereocenters. The van der Waals surface area contributed by atoms with E-state index in [2.05, 4.69) is 4.72 Å². The molecule has 0 spiro atoms. The van der Waals surface area contributed by atoms with Crippen LogP contribution in [0.3, 0.4) is 0 Å². The molecule has 2 aromatic carbocycles. The van der Waals surface area contributed by atoms with Crippen LogP contribution >= 0.6 is 0 Å². The molecule has 0 heterocycles.